The highest BCUT2D eigenvalue weighted by Gasteiger charge is 2.06. The first-order valence-corrected chi connectivity index (χ1v) is 8.87. The average molecular weight is 340 g/mol. The maximum Gasteiger partial charge on any atom is 0.315 e. The van der Waals surface area contributed by atoms with Gasteiger partial charge in [-0.15, -0.1) is 0 Å². The Bertz CT molecular complexity index is 656. The molecule has 2 amide bonds. The van der Waals surface area contributed by atoms with Crippen molar-refractivity contribution >= 4 is 6.03 Å². The Kier molecular flexibility index (Phi) is 7.33. The molecule has 0 aliphatic heterocycles. The quantitative estimate of drug-likeness (QED) is 0.745. The number of carbonyl (C=O) groups is 1. The van der Waals surface area contributed by atoms with Gasteiger partial charge in [0.25, 0.3) is 0 Å². The summed E-state index contributed by atoms with van der Waals surface area (Å²) in [6.45, 7) is 7.30. The van der Waals surface area contributed by atoms with E-state index >= 15 is 0 Å². The normalized spacial score (nSPS) is 11.8. The van der Waals surface area contributed by atoms with E-state index in [1.165, 1.54) is 5.56 Å². The van der Waals surface area contributed by atoms with Crippen LogP contribution in [-0.4, -0.2) is 18.7 Å². The molecule has 0 spiro atoms. The van der Waals surface area contributed by atoms with Gasteiger partial charge in [0, 0.05) is 13.1 Å². The zero-order valence-electron chi connectivity index (χ0n) is 15.3. The van der Waals surface area contributed by atoms with Gasteiger partial charge in [-0.2, -0.15) is 0 Å². The molecule has 2 aromatic rings. The Morgan fingerprint density at radius 1 is 1.00 bits per heavy atom. The first-order chi connectivity index (χ1) is 12.0. The molecule has 2 aromatic carbocycles. The van der Waals surface area contributed by atoms with E-state index in [-0.39, 0.29) is 12.1 Å². The van der Waals surface area contributed by atoms with Crippen molar-refractivity contribution in [2.45, 2.75) is 45.8 Å². The summed E-state index contributed by atoms with van der Waals surface area (Å²) in [6.07, 6.45) is 1.05. The predicted molar refractivity (Wildman–Crippen MR) is 102 cm³/mol. The fourth-order valence-corrected chi connectivity index (χ4v) is 2.60. The van der Waals surface area contributed by atoms with Gasteiger partial charge < -0.3 is 15.4 Å². The van der Waals surface area contributed by atoms with Crippen molar-refractivity contribution < 1.29 is 9.53 Å². The van der Waals surface area contributed by atoms with Crippen LogP contribution in [0.4, 0.5) is 4.79 Å². The van der Waals surface area contributed by atoms with Crippen LogP contribution >= 0.6 is 0 Å². The molecule has 134 valence electrons. The van der Waals surface area contributed by atoms with Crippen molar-refractivity contribution in [2.24, 2.45) is 0 Å². The Morgan fingerprint density at radius 3 is 2.48 bits per heavy atom. The van der Waals surface area contributed by atoms with E-state index in [2.05, 4.69) is 29.7 Å². The second-order valence-electron chi connectivity index (χ2n) is 6.52. The van der Waals surface area contributed by atoms with Crippen molar-refractivity contribution in [1.82, 2.24) is 10.6 Å². The second-order valence-corrected chi connectivity index (χ2v) is 6.52. The number of urea groups is 1. The molecule has 0 bridgehead atoms. The third kappa shape index (κ3) is 6.87. The zero-order chi connectivity index (χ0) is 18.1. The minimum atomic E-state index is -0.143. The summed E-state index contributed by atoms with van der Waals surface area (Å²) in [5.41, 5.74) is 2.32. The molecular formula is C21H28N2O2. The topological polar surface area (TPSA) is 50.4 Å². The summed E-state index contributed by atoms with van der Waals surface area (Å²) in [4.78, 5) is 11.9. The van der Waals surface area contributed by atoms with E-state index in [0.717, 1.165) is 17.7 Å². The van der Waals surface area contributed by atoms with Crippen LogP contribution in [0.1, 0.15) is 44.2 Å². The van der Waals surface area contributed by atoms with Crippen LogP contribution in [0.2, 0.25) is 0 Å². The van der Waals surface area contributed by atoms with Crippen LogP contribution < -0.4 is 15.4 Å². The number of carbonyl (C=O) groups excluding carboxylic acids is 1. The van der Waals surface area contributed by atoms with Crippen LogP contribution in [0.5, 0.6) is 5.75 Å². The van der Waals surface area contributed by atoms with Crippen molar-refractivity contribution in [2.75, 3.05) is 6.54 Å². The zero-order valence-corrected chi connectivity index (χ0v) is 15.3. The van der Waals surface area contributed by atoms with Crippen LogP contribution in [0.25, 0.3) is 0 Å². The SMILES string of the molecule is CC(C)Oc1cccc(CNC(=O)NCCC(C)c2ccccc2)c1. The van der Waals surface area contributed by atoms with Gasteiger partial charge in [-0.05, 0) is 49.4 Å². The number of amides is 2. The monoisotopic (exact) mass is 340 g/mol. The van der Waals surface area contributed by atoms with Crippen LogP contribution in [0.15, 0.2) is 54.6 Å². The molecule has 4 heteroatoms. The molecule has 0 heterocycles. The van der Waals surface area contributed by atoms with E-state index in [4.69, 9.17) is 4.74 Å². The Hall–Kier alpha value is -2.49. The van der Waals surface area contributed by atoms with Gasteiger partial charge in [-0.3, -0.25) is 0 Å². The van der Waals surface area contributed by atoms with E-state index in [9.17, 15) is 4.79 Å². The highest BCUT2D eigenvalue weighted by molar-refractivity contribution is 5.73. The molecule has 0 aliphatic rings. The third-order valence-electron chi connectivity index (χ3n) is 3.95. The molecule has 0 aliphatic carbocycles. The summed E-state index contributed by atoms with van der Waals surface area (Å²) in [6, 6.07) is 18.0. The summed E-state index contributed by atoms with van der Waals surface area (Å²) < 4.78 is 5.67. The lowest BCUT2D eigenvalue weighted by molar-refractivity contribution is 0.239. The Morgan fingerprint density at radius 2 is 1.76 bits per heavy atom. The average Bonchev–Trinajstić information content (AvgIpc) is 2.60. The highest BCUT2D eigenvalue weighted by atomic mass is 16.5. The molecule has 2 rings (SSSR count). The summed E-state index contributed by atoms with van der Waals surface area (Å²) >= 11 is 0. The number of benzene rings is 2. The smallest absolute Gasteiger partial charge is 0.315 e. The number of ether oxygens (including phenoxy) is 1. The molecule has 0 radical (unpaired) electrons. The van der Waals surface area contributed by atoms with Crippen molar-refractivity contribution in [1.29, 1.82) is 0 Å². The lowest BCUT2D eigenvalue weighted by Gasteiger charge is -2.13. The minimum Gasteiger partial charge on any atom is -0.491 e. The number of hydrogen-bond donors (Lipinski definition) is 2. The fraction of sp³-hybridized carbons (Fsp3) is 0.381. The van der Waals surface area contributed by atoms with Gasteiger partial charge in [-0.1, -0.05) is 49.4 Å². The molecule has 0 saturated carbocycles. The van der Waals surface area contributed by atoms with Crippen molar-refractivity contribution in [3.63, 3.8) is 0 Å². The Labute approximate surface area is 150 Å². The van der Waals surface area contributed by atoms with E-state index < -0.39 is 0 Å². The lowest BCUT2D eigenvalue weighted by Crippen LogP contribution is -2.35. The molecule has 0 fully saturated rings. The lowest BCUT2D eigenvalue weighted by atomic mass is 9.98. The van der Waals surface area contributed by atoms with Gasteiger partial charge in [0.05, 0.1) is 6.10 Å². The molecule has 1 unspecified atom stereocenters. The predicted octanol–water partition coefficient (Wildman–Crippen LogP) is 4.47. The molecule has 4 nitrogen and oxygen atoms in total. The number of hydrogen-bond acceptors (Lipinski definition) is 2. The number of rotatable bonds is 8. The number of nitrogens with one attached hydrogen (secondary N) is 2. The maximum absolute atomic E-state index is 11.9. The van der Waals surface area contributed by atoms with E-state index in [0.29, 0.717) is 19.0 Å². The molecular weight excluding hydrogens is 312 g/mol. The van der Waals surface area contributed by atoms with Gasteiger partial charge >= 0.3 is 6.03 Å². The van der Waals surface area contributed by atoms with E-state index in [1.54, 1.807) is 0 Å². The fourth-order valence-electron chi connectivity index (χ4n) is 2.60. The third-order valence-corrected chi connectivity index (χ3v) is 3.95. The highest BCUT2D eigenvalue weighted by Crippen LogP contribution is 2.17. The molecule has 1 atom stereocenters. The van der Waals surface area contributed by atoms with Crippen molar-refractivity contribution in [3.05, 3.63) is 65.7 Å². The van der Waals surface area contributed by atoms with Crippen molar-refractivity contribution in [3.8, 4) is 5.75 Å². The second kappa shape index (κ2) is 9.72. The van der Waals surface area contributed by atoms with Gasteiger partial charge in [0.1, 0.15) is 5.75 Å². The van der Waals surface area contributed by atoms with Gasteiger partial charge in [0.15, 0.2) is 0 Å². The summed E-state index contributed by atoms with van der Waals surface area (Å²) in [7, 11) is 0. The maximum atomic E-state index is 11.9. The standard InChI is InChI=1S/C21H28N2O2/c1-16(2)25-20-11-7-8-18(14-20)15-23-21(24)22-13-12-17(3)19-9-5-4-6-10-19/h4-11,14,16-17H,12-13,15H2,1-3H3,(H2,22,23,24). The largest absolute Gasteiger partial charge is 0.491 e. The molecule has 2 N–H and O–H groups in total. The Balaban J connectivity index is 1.70. The van der Waals surface area contributed by atoms with E-state index in [1.807, 2.05) is 56.3 Å². The molecule has 25 heavy (non-hydrogen) atoms. The van der Waals surface area contributed by atoms with Crippen LogP contribution in [0, 0.1) is 0 Å². The first kappa shape index (κ1) is 18.8. The van der Waals surface area contributed by atoms with Crippen LogP contribution in [0.3, 0.4) is 0 Å². The summed E-state index contributed by atoms with van der Waals surface area (Å²) in [5.74, 6) is 1.25. The first-order valence-electron chi connectivity index (χ1n) is 8.87. The summed E-state index contributed by atoms with van der Waals surface area (Å²) in [5, 5.41) is 5.81. The van der Waals surface area contributed by atoms with Gasteiger partial charge in [0.2, 0.25) is 0 Å². The van der Waals surface area contributed by atoms with Crippen LogP contribution in [-0.2, 0) is 6.54 Å². The molecule has 0 saturated heterocycles. The van der Waals surface area contributed by atoms with Gasteiger partial charge in [-0.25, -0.2) is 4.79 Å². The minimum absolute atomic E-state index is 0.137. The molecule has 0 aromatic heterocycles.